The van der Waals surface area contributed by atoms with Gasteiger partial charge in [-0.1, -0.05) is 60.7 Å². The molecule has 0 radical (unpaired) electrons. The van der Waals surface area contributed by atoms with Crippen LogP contribution in [0.1, 0.15) is 56.9 Å². The molecule has 1 saturated heterocycles. The minimum absolute atomic E-state index is 0.0415. The van der Waals surface area contributed by atoms with Crippen molar-refractivity contribution >= 4 is 23.6 Å². The number of unbranched alkanes of at least 4 members (excludes halogenated alkanes) is 2. The number of ether oxygens (including phenoxy) is 1. The molecule has 1 aliphatic rings. The number of anilines is 1. The van der Waals surface area contributed by atoms with Crippen molar-refractivity contribution in [3.05, 3.63) is 84.4 Å². The van der Waals surface area contributed by atoms with E-state index >= 15 is 0 Å². The van der Waals surface area contributed by atoms with Gasteiger partial charge in [-0.15, -0.1) is 0 Å². The highest BCUT2D eigenvalue weighted by Gasteiger charge is 2.23. The molecule has 10 heteroatoms. The third kappa shape index (κ3) is 13.6. The number of hydrogen-bond acceptors (Lipinski definition) is 7. The van der Waals surface area contributed by atoms with Crippen molar-refractivity contribution in [3.63, 3.8) is 0 Å². The maximum atomic E-state index is 13.0. The Balaban J connectivity index is 1.08. The fourth-order valence-electron chi connectivity index (χ4n) is 6.00. The Morgan fingerprint density at radius 3 is 2.29 bits per heavy atom. The summed E-state index contributed by atoms with van der Waals surface area (Å²) >= 11 is 0. The number of phenols is 1. The third-order valence-electron chi connectivity index (χ3n) is 8.80. The monoisotopic (exact) mass is 671 g/mol. The molecule has 3 aromatic carbocycles. The van der Waals surface area contributed by atoms with Crippen molar-refractivity contribution in [3.8, 4) is 16.9 Å². The first-order valence-corrected chi connectivity index (χ1v) is 17.6. The third-order valence-corrected chi connectivity index (χ3v) is 8.80. The molecule has 1 heterocycles. The van der Waals surface area contributed by atoms with Crippen LogP contribution in [0.5, 0.6) is 5.75 Å². The number of nitrogens with one attached hydrogen (secondary N) is 2. The van der Waals surface area contributed by atoms with Crippen molar-refractivity contribution in [1.29, 1.82) is 0 Å². The first-order chi connectivity index (χ1) is 23.8. The normalized spacial score (nSPS) is 13.6. The summed E-state index contributed by atoms with van der Waals surface area (Å²) in [7, 11) is 4.02. The molecule has 4 rings (SSSR count). The summed E-state index contributed by atoms with van der Waals surface area (Å²) in [5.41, 5.74) is 3.69. The van der Waals surface area contributed by atoms with Crippen LogP contribution in [-0.4, -0.2) is 97.2 Å². The van der Waals surface area contributed by atoms with Gasteiger partial charge >= 0.3 is 6.09 Å². The average Bonchev–Trinajstić information content (AvgIpc) is 3.10. The number of carbonyl (C=O) groups is 3. The van der Waals surface area contributed by atoms with Crippen LogP contribution in [0.25, 0.3) is 11.1 Å². The highest BCUT2D eigenvalue weighted by atomic mass is 16.6. The SMILES string of the molecule is CN(C)CCCC(=O)N(CCCCCNC(=O)CCN1CCC(OC(=O)Nc2ccccc2-c2ccccc2)CC1)Cc1ccc(O)cc1. The summed E-state index contributed by atoms with van der Waals surface area (Å²) in [6.45, 7) is 4.91. The zero-order valence-electron chi connectivity index (χ0n) is 29.1. The molecular weight excluding hydrogens is 618 g/mol. The zero-order valence-corrected chi connectivity index (χ0v) is 29.1. The van der Waals surface area contributed by atoms with Gasteiger partial charge in [0.25, 0.3) is 0 Å². The number of para-hydroxylation sites is 1. The molecule has 1 aliphatic heterocycles. The van der Waals surface area contributed by atoms with Gasteiger partial charge in [0.2, 0.25) is 11.8 Å². The topological polar surface area (TPSA) is 114 Å². The van der Waals surface area contributed by atoms with E-state index in [0.717, 1.165) is 80.5 Å². The predicted octanol–water partition coefficient (Wildman–Crippen LogP) is 6.12. The molecule has 0 atom stereocenters. The van der Waals surface area contributed by atoms with E-state index in [9.17, 15) is 19.5 Å². The van der Waals surface area contributed by atoms with Gasteiger partial charge in [0.05, 0.1) is 5.69 Å². The summed E-state index contributed by atoms with van der Waals surface area (Å²) in [6, 6.07) is 24.7. The molecule has 0 aliphatic carbocycles. The lowest BCUT2D eigenvalue weighted by atomic mass is 10.0. The van der Waals surface area contributed by atoms with Gasteiger partial charge in [0.15, 0.2) is 0 Å². The van der Waals surface area contributed by atoms with E-state index < -0.39 is 6.09 Å². The molecule has 3 amide bonds. The number of rotatable bonds is 18. The van der Waals surface area contributed by atoms with Gasteiger partial charge in [-0.25, -0.2) is 4.79 Å². The van der Waals surface area contributed by atoms with Crippen LogP contribution >= 0.6 is 0 Å². The maximum absolute atomic E-state index is 13.0. The van der Waals surface area contributed by atoms with E-state index in [-0.39, 0.29) is 23.7 Å². The Bertz CT molecular complexity index is 1440. The van der Waals surface area contributed by atoms with E-state index in [0.29, 0.717) is 39.0 Å². The number of nitrogens with zero attached hydrogens (tertiary/aromatic N) is 3. The first-order valence-electron chi connectivity index (χ1n) is 17.6. The van der Waals surface area contributed by atoms with Gasteiger partial charge < -0.3 is 29.9 Å². The van der Waals surface area contributed by atoms with Crippen molar-refractivity contribution in [2.45, 2.75) is 64.0 Å². The standard InChI is InChI=1S/C39H53N5O5/c1-42(2)25-11-16-38(47)44(30-31-17-19-33(45)20-18-31)26-10-4-9-24-40-37(46)23-29-43-27-21-34(22-28-43)49-39(48)41-36-15-8-7-14-35(36)32-12-5-3-6-13-32/h3,5-8,12-15,17-20,34,45H,4,9-11,16,21-30H2,1-2H3,(H,40,46)(H,41,48). The molecular formula is C39H53N5O5. The highest BCUT2D eigenvalue weighted by Crippen LogP contribution is 2.28. The molecule has 0 aromatic heterocycles. The molecule has 0 saturated carbocycles. The van der Waals surface area contributed by atoms with Gasteiger partial charge in [0, 0.05) is 57.7 Å². The van der Waals surface area contributed by atoms with Crippen LogP contribution in [0.4, 0.5) is 10.5 Å². The van der Waals surface area contributed by atoms with Crippen LogP contribution < -0.4 is 10.6 Å². The average molecular weight is 672 g/mol. The Morgan fingerprint density at radius 1 is 0.837 bits per heavy atom. The van der Waals surface area contributed by atoms with Gasteiger partial charge in [0.1, 0.15) is 11.9 Å². The Labute approximate surface area is 291 Å². The quantitative estimate of drug-likeness (QED) is 0.140. The molecule has 3 aromatic rings. The van der Waals surface area contributed by atoms with Crippen molar-refractivity contribution in [2.24, 2.45) is 0 Å². The van der Waals surface area contributed by atoms with Crippen LogP contribution in [0.15, 0.2) is 78.9 Å². The van der Waals surface area contributed by atoms with Crippen molar-refractivity contribution in [1.82, 2.24) is 20.0 Å². The first kappa shape index (κ1) is 37.4. The Hall–Kier alpha value is -4.41. The van der Waals surface area contributed by atoms with E-state index in [1.807, 2.05) is 85.7 Å². The second-order valence-corrected chi connectivity index (χ2v) is 13.0. The zero-order chi connectivity index (χ0) is 34.8. The van der Waals surface area contributed by atoms with Crippen LogP contribution in [0, 0.1) is 0 Å². The number of amides is 3. The molecule has 0 spiro atoms. The molecule has 49 heavy (non-hydrogen) atoms. The number of piperidine rings is 1. The fourth-order valence-corrected chi connectivity index (χ4v) is 6.00. The van der Waals surface area contributed by atoms with Gasteiger partial charge in [-0.3, -0.25) is 14.9 Å². The lowest BCUT2D eigenvalue weighted by molar-refractivity contribution is -0.132. The molecule has 1 fully saturated rings. The number of likely N-dealkylation sites (tertiary alicyclic amines) is 1. The summed E-state index contributed by atoms with van der Waals surface area (Å²) in [5.74, 6) is 0.402. The molecule has 3 N–H and O–H groups in total. The summed E-state index contributed by atoms with van der Waals surface area (Å²) in [5, 5.41) is 15.6. The summed E-state index contributed by atoms with van der Waals surface area (Å²) in [6.07, 6.45) is 5.26. The highest BCUT2D eigenvalue weighted by molar-refractivity contribution is 5.91. The Morgan fingerprint density at radius 2 is 1.55 bits per heavy atom. The van der Waals surface area contributed by atoms with Crippen LogP contribution in [0.3, 0.4) is 0 Å². The number of phenolic OH excluding ortho intramolecular Hbond substituents is 1. The second-order valence-electron chi connectivity index (χ2n) is 13.0. The minimum Gasteiger partial charge on any atom is -0.508 e. The predicted molar refractivity (Wildman–Crippen MR) is 194 cm³/mol. The van der Waals surface area contributed by atoms with E-state index in [2.05, 4.69) is 20.4 Å². The maximum Gasteiger partial charge on any atom is 0.411 e. The summed E-state index contributed by atoms with van der Waals surface area (Å²) < 4.78 is 5.74. The number of benzene rings is 3. The van der Waals surface area contributed by atoms with E-state index in [1.54, 1.807) is 12.1 Å². The lowest BCUT2D eigenvalue weighted by Gasteiger charge is -2.31. The van der Waals surface area contributed by atoms with E-state index in [1.165, 1.54) is 0 Å². The Kier molecular flexibility index (Phi) is 15.4. The van der Waals surface area contributed by atoms with E-state index in [4.69, 9.17) is 4.74 Å². The molecule has 0 unspecified atom stereocenters. The van der Waals surface area contributed by atoms with Gasteiger partial charge in [-0.05, 0) is 88.5 Å². The summed E-state index contributed by atoms with van der Waals surface area (Å²) in [4.78, 5) is 44.4. The lowest BCUT2D eigenvalue weighted by Crippen LogP contribution is -2.40. The smallest absolute Gasteiger partial charge is 0.411 e. The number of aromatic hydroxyl groups is 1. The molecule has 0 bridgehead atoms. The minimum atomic E-state index is -0.446. The number of carbonyl (C=O) groups excluding carboxylic acids is 3. The van der Waals surface area contributed by atoms with Crippen LogP contribution in [-0.2, 0) is 20.9 Å². The molecule has 10 nitrogen and oxygen atoms in total. The van der Waals surface area contributed by atoms with Crippen molar-refractivity contribution in [2.75, 3.05) is 58.7 Å². The van der Waals surface area contributed by atoms with Gasteiger partial charge in [-0.2, -0.15) is 0 Å². The van der Waals surface area contributed by atoms with Crippen molar-refractivity contribution < 1.29 is 24.2 Å². The fraction of sp³-hybridized carbons (Fsp3) is 0.462. The second kappa shape index (κ2) is 20.2. The molecule has 264 valence electrons. The largest absolute Gasteiger partial charge is 0.508 e. The number of hydrogen-bond donors (Lipinski definition) is 3. The van der Waals surface area contributed by atoms with Crippen LogP contribution in [0.2, 0.25) is 0 Å².